The number of rotatable bonds is 1. The van der Waals surface area contributed by atoms with Crippen LogP contribution >= 0.6 is 11.6 Å². The molecule has 0 aromatic carbocycles. The number of nitrogens with two attached hydrogens (primary N) is 1. The topological polar surface area (TPSA) is 51.8 Å². The predicted molar refractivity (Wildman–Crippen MR) is 34.9 cm³/mol. The molecule has 5 heteroatoms. The molecule has 0 saturated heterocycles. The van der Waals surface area contributed by atoms with E-state index in [1.165, 1.54) is 6.20 Å². The van der Waals surface area contributed by atoms with E-state index in [0.717, 1.165) is 0 Å². The van der Waals surface area contributed by atoms with Gasteiger partial charge in [0.25, 0.3) is 5.95 Å². The Balaban J connectivity index is 3.04. The third-order valence-electron chi connectivity index (χ3n) is 0.948. The standard InChI is InChI=1S/C5H5ClFN3/c6-4-5(7)10-3(1-8)2-9-4/h2H,1,8H2. The maximum Gasteiger partial charge on any atom is 0.250 e. The van der Waals surface area contributed by atoms with Gasteiger partial charge in [-0.1, -0.05) is 11.6 Å². The lowest BCUT2D eigenvalue weighted by atomic mass is 10.5. The molecule has 0 fully saturated rings. The van der Waals surface area contributed by atoms with Crippen molar-refractivity contribution in [2.24, 2.45) is 5.73 Å². The molecule has 2 N–H and O–H groups in total. The van der Waals surface area contributed by atoms with Gasteiger partial charge >= 0.3 is 0 Å². The van der Waals surface area contributed by atoms with Crippen molar-refractivity contribution in [2.75, 3.05) is 0 Å². The second-order valence-electron chi connectivity index (χ2n) is 1.65. The van der Waals surface area contributed by atoms with E-state index < -0.39 is 5.95 Å². The minimum atomic E-state index is -0.774. The summed E-state index contributed by atoms with van der Waals surface area (Å²) in [5, 5.41) is -0.225. The van der Waals surface area contributed by atoms with E-state index in [2.05, 4.69) is 9.97 Å². The highest BCUT2D eigenvalue weighted by atomic mass is 35.5. The molecule has 0 radical (unpaired) electrons. The average molecular weight is 162 g/mol. The van der Waals surface area contributed by atoms with E-state index in [4.69, 9.17) is 17.3 Å². The molecule has 0 spiro atoms. The van der Waals surface area contributed by atoms with Crippen molar-refractivity contribution in [3.63, 3.8) is 0 Å². The van der Waals surface area contributed by atoms with Crippen LogP contribution < -0.4 is 5.73 Å². The summed E-state index contributed by atoms with van der Waals surface area (Å²) in [5.74, 6) is -0.774. The van der Waals surface area contributed by atoms with Crippen molar-refractivity contribution in [1.82, 2.24) is 9.97 Å². The number of nitrogens with zero attached hydrogens (tertiary/aromatic N) is 2. The summed E-state index contributed by atoms with van der Waals surface area (Å²) >= 11 is 5.25. The third kappa shape index (κ3) is 1.40. The molecule has 1 rings (SSSR count). The van der Waals surface area contributed by atoms with Crippen LogP contribution in [0.4, 0.5) is 4.39 Å². The molecule has 3 nitrogen and oxygen atoms in total. The molecule has 0 aliphatic heterocycles. The minimum absolute atomic E-state index is 0.168. The van der Waals surface area contributed by atoms with Crippen LogP contribution in [0.5, 0.6) is 0 Å². The van der Waals surface area contributed by atoms with E-state index >= 15 is 0 Å². The summed E-state index contributed by atoms with van der Waals surface area (Å²) in [6.07, 6.45) is 1.34. The molecule has 0 aliphatic carbocycles. The van der Waals surface area contributed by atoms with Gasteiger partial charge in [0.1, 0.15) is 0 Å². The Kier molecular flexibility index (Phi) is 2.13. The zero-order valence-electron chi connectivity index (χ0n) is 5.01. The number of aromatic nitrogens is 2. The predicted octanol–water partition coefficient (Wildman–Crippen LogP) is 0.728. The van der Waals surface area contributed by atoms with E-state index in [-0.39, 0.29) is 11.7 Å². The highest BCUT2D eigenvalue weighted by Gasteiger charge is 2.01. The quantitative estimate of drug-likeness (QED) is 0.661. The smallest absolute Gasteiger partial charge is 0.250 e. The Hall–Kier alpha value is -0.740. The number of hydrogen-bond donors (Lipinski definition) is 1. The first kappa shape index (κ1) is 7.37. The molecule has 0 unspecified atom stereocenters. The lowest BCUT2D eigenvalue weighted by Gasteiger charge is -1.94. The van der Waals surface area contributed by atoms with E-state index in [9.17, 15) is 4.39 Å². The highest BCUT2D eigenvalue weighted by molar-refractivity contribution is 6.29. The molecule has 1 aromatic rings. The van der Waals surface area contributed by atoms with Crippen molar-refractivity contribution in [1.29, 1.82) is 0 Å². The average Bonchev–Trinajstić information content (AvgIpc) is 1.95. The molecular weight excluding hydrogens is 157 g/mol. The van der Waals surface area contributed by atoms with Crippen molar-refractivity contribution in [3.05, 3.63) is 23.0 Å². The van der Waals surface area contributed by atoms with Crippen LogP contribution in [0.2, 0.25) is 5.15 Å². The van der Waals surface area contributed by atoms with Gasteiger partial charge in [0.05, 0.1) is 11.9 Å². The fraction of sp³-hybridized carbons (Fsp3) is 0.200. The molecule has 1 heterocycles. The lowest BCUT2D eigenvalue weighted by Crippen LogP contribution is -2.02. The Bertz CT molecular complexity index is 240. The summed E-state index contributed by atoms with van der Waals surface area (Å²) in [7, 11) is 0. The van der Waals surface area contributed by atoms with Gasteiger partial charge in [0.15, 0.2) is 5.15 Å². The van der Waals surface area contributed by atoms with Crippen LogP contribution in [-0.2, 0) is 6.54 Å². The first-order valence-corrected chi connectivity index (χ1v) is 2.99. The SMILES string of the molecule is NCc1cnc(Cl)c(F)n1. The van der Waals surface area contributed by atoms with Crippen molar-refractivity contribution < 1.29 is 4.39 Å². The van der Waals surface area contributed by atoms with Gasteiger partial charge in [0.2, 0.25) is 0 Å². The van der Waals surface area contributed by atoms with E-state index in [1.807, 2.05) is 0 Å². The molecule has 0 amide bonds. The Morgan fingerprint density at radius 2 is 2.40 bits per heavy atom. The van der Waals surface area contributed by atoms with Crippen molar-refractivity contribution in [2.45, 2.75) is 6.54 Å². The van der Waals surface area contributed by atoms with E-state index in [1.54, 1.807) is 0 Å². The molecule has 0 saturated carbocycles. The van der Waals surface area contributed by atoms with Gasteiger partial charge in [-0.3, -0.25) is 0 Å². The zero-order valence-corrected chi connectivity index (χ0v) is 5.77. The molecular formula is C5H5ClFN3. The molecule has 54 valence electrons. The fourth-order valence-corrected chi connectivity index (χ4v) is 0.575. The van der Waals surface area contributed by atoms with Crippen molar-refractivity contribution >= 4 is 11.6 Å². The largest absolute Gasteiger partial charge is 0.325 e. The third-order valence-corrected chi connectivity index (χ3v) is 1.20. The molecule has 0 bridgehead atoms. The Labute approximate surface area is 62.0 Å². The maximum atomic E-state index is 12.4. The van der Waals surface area contributed by atoms with Crippen LogP contribution in [-0.4, -0.2) is 9.97 Å². The maximum absolute atomic E-state index is 12.4. The van der Waals surface area contributed by atoms with Gasteiger partial charge in [-0.2, -0.15) is 4.39 Å². The zero-order chi connectivity index (χ0) is 7.56. The molecule has 10 heavy (non-hydrogen) atoms. The second-order valence-corrected chi connectivity index (χ2v) is 2.01. The van der Waals surface area contributed by atoms with Crippen molar-refractivity contribution in [3.8, 4) is 0 Å². The van der Waals surface area contributed by atoms with Crippen LogP contribution in [0.15, 0.2) is 6.20 Å². The molecule has 1 aromatic heterocycles. The molecule has 0 aliphatic rings. The van der Waals surface area contributed by atoms with Crippen LogP contribution in [0.3, 0.4) is 0 Å². The number of halogens is 2. The van der Waals surface area contributed by atoms with Gasteiger partial charge in [-0.25, -0.2) is 9.97 Å². The van der Waals surface area contributed by atoms with Crippen LogP contribution in [0, 0.1) is 5.95 Å². The normalized spacial score (nSPS) is 9.90. The summed E-state index contributed by atoms with van der Waals surface area (Å²) in [6.45, 7) is 0.168. The summed E-state index contributed by atoms with van der Waals surface area (Å²) in [5.41, 5.74) is 5.55. The minimum Gasteiger partial charge on any atom is -0.325 e. The van der Waals surface area contributed by atoms with Gasteiger partial charge < -0.3 is 5.73 Å². The van der Waals surface area contributed by atoms with E-state index in [0.29, 0.717) is 5.69 Å². The second kappa shape index (κ2) is 2.90. The Morgan fingerprint density at radius 3 is 2.90 bits per heavy atom. The van der Waals surface area contributed by atoms with Gasteiger partial charge in [-0.15, -0.1) is 0 Å². The monoisotopic (exact) mass is 161 g/mol. The first-order chi connectivity index (χ1) is 4.74. The first-order valence-electron chi connectivity index (χ1n) is 2.61. The summed E-state index contributed by atoms with van der Waals surface area (Å²) in [6, 6.07) is 0. The Morgan fingerprint density at radius 1 is 1.70 bits per heavy atom. The summed E-state index contributed by atoms with van der Waals surface area (Å²) < 4.78 is 12.4. The number of hydrogen-bond acceptors (Lipinski definition) is 3. The highest BCUT2D eigenvalue weighted by Crippen LogP contribution is 2.06. The lowest BCUT2D eigenvalue weighted by molar-refractivity contribution is 0.569. The fourth-order valence-electron chi connectivity index (χ4n) is 0.484. The van der Waals surface area contributed by atoms with Crippen LogP contribution in [0.1, 0.15) is 5.69 Å². The van der Waals surface area contributed by atoms with Crippen LogP contribution in [0.25, 0.3) is 0 Å². The molecule has 0 atom stereocenters. The van der Waals surface area contributed by atoms with Gasteiger partial charge in [0, 0.05) is 6.54 Å². The van der Waals surface area contributed by atoms with Gasteiger partial charge in [-0.05, 0) is 0 Å². The summed E-state index contributed by atoms with van der Waals surface area (Å²) in [4.78, 5) is 6.90.